The zero-order valence-corrected chi connectivity index (χ0v) is 24.8. The van der Waals surface area contributed by atoms with E-state index in [9.17, 15) is 44.9 Å². The van der Waals surface area contributed by atoms with Gasteiger partial charge in [0.1, 0.15) is 21.9 Å². The Labute approximate surface area is 240 Å². The van der Waals surface area contributed by atoms with Gasteiger partial charge >= 0.3 is 5.97 Å². The van der Waals surface area contributed by atoms with Crippen LogP contribution in [0.5, 0.6) is 11.5 Å². The molecule has 0 aliphatic carbocycles. The number of nitro groups is 1. The van der Waals surface area contributed by atoms with Gasteiger partial charge in [-0.1, -0.05) is 11.6 Å². The van der Waals surface area contributed by atoms with Crippen LogP contribution in [0, 0.1) is 22.9 Å². The Morgan fingerprint density at radius 2 is 1.56 bits per heavy atom. The fourth-order valence-electron chi connectivity index (χ4n) is 3.51. The van der Waals surface area contributed by atoms with Gasteiger partial charge in [0.2, 0.25) is 20.0 Å². The molecular formula is C24H28ClF3N2O9S2. The topological polar surface area (TPSA) is 150 Å². The second-order valence-corrected chi connectivity index (χ2v) is 14.1. The van der Waals surface area contributed by atoms with E-state index in [0.29, 0.717) is 6.07 Å². The quantitative estimate of drug-likeness (QED) is 0.154. The first kappa shape index (κ1) is 34.1. The molecule has 0 heterocycles. The molecule has 228 valence electrons. The molecule has 41 heavy (non-hydrogen) atoms. The molecule has 2 aromatic carbocycles. The monoisotopic (exact) mass is 644 g/mol. The lowest BCUT2D eigenvalue weighted by Crippen LogP contribution is -2.40. The number of sulfonamides is 2. The Hall–Kier alpha value is -3.11. The number of anilines is 1. The molecule has 0 fully saturated rings. The molecule has 0 amide bonds. The van der Waals surface area contributed by atoms with Crippen molar-refractivity contribution in [1.29, 1.82) is 0 Å². The van der Waals surface area contributed by atoms with E-state index in [0.717, 1.165) is 18.2 Å². The fraction of sp³-hybridized carbons (Fsp3) is 0.458. The van der Waals surface area contributed by atoms with E-state index < -0.39 is 108 Å². The molecule has 0 unspecified atom stereocenters. The summed E-state index contributed by atoms with van der Waals surface area (Å²) in [6, 6.07) is 3.30. The molecule has 0 aliphatic heterocycles. The number of benzene rings is 2. The van der Waals surface area contributed by atoms with Crippen molar-refractivity contribution in [3.63, 3.8) is 0 Å². The van der Waals surface area contributed by atoms with Gasteiger partial charge in [-0.25, -0.2) is 26.0 Å². The highest BCUT2D eigenvalue weighted by Gasteiger charge is 2.37. The van der Waals surface area contributed by atoms with Gasteiger partial charge in [-0.3, -0.25) is 18.9 Å². The molecule has 2 aromatic rings. The van der Waals surface area contributed by atoms with Gasteiger partial charge in [0.05, 0.1) is 35.5 Å². The predicted molar refractivity (Wildman–Crippen MR) is 146 cm³/mol. The van der Waals surface area contributed by atoms with Crippen LogP contribution in [0.1, 0.15) is 49.5 Å². The Balaban J connectivity index is 2.75. The molecule has 0 aromatic heterocycles. The normalized spacial score (nSPS) is 12.2. The van der Waals surface area contributed by atoms with Crippen LogP contribution < -0.4 is 8.45 Å². The van der Waals surface area contributed by atoms with Crippen molar-refractivity contribution in [3.05, 3.63) is 56.3 Å². The first-order chi connectivity index (χ1) is 18.9. The first-order valence-corrected chi connectivity index (χ1v) is 15.5. The highest BCUT2D eigenvalue weighted by molar-refractivity contribution is 8.10. The van der Waals surface area contributed by atoms with Crippen molar-refractivity contribution in [2.45, 2.75) is 46.1 Å². The molecule has 0 aliphatic rings. The third kappa shape index (κ3) is 8.23. The number of rotatable bonds is 13. The van der Waals surface area contributed by atoms with Crippen molar-refractivity contribution in [3.8, 4) is 11.5 Å². The van der Waals surface area contributed by atoms with Gasteiger partial charge in [0, 0.05) is 11.6 Å². The van der Waals surface area contributed by atoms with Gasteiger partial charge < -0.3 is 9.47 Å². The van der Waals surface area contributed by atoms with Crippen LogP contribution in [-0.4, -0.2) is 58.2 Å². The predicted octanol–water partition coefficient (Wildman–Crippen LogP) is 5.63. The minimum absolute atomic E-state index is 0.116. The van der Waals surface area contributed by atoms with Crippen LogP contribution in [-0.2, 0) is 24.8 Å². The van der Waals surface area contributed by atoms with E-state index >= 15 is 0 Å². The summed E-state index contributed by atoms with van der Waals surface area (Å²) in [4.78, 5) is 23.6. The lowest BCUT2D eigenvalue weighted by molar-refractivity contribution is -0.385. The van der Waals surface area contributed by atoms with Crippen molar-refractivity contribution in [2.24, 2.45) is 0 Å². The summed E-state index contributed by atoms with van der Waals surface area (Å²) in [5.41, 5.74) is -3.15. The minimum Gasteiger partial charge on any atom is -0.456 e. The summed E-state index contributed by atoms with van der Waals surface area (Å²) in [6.07, 6.45) is -1.15. The largest absolute Gasteiger partial charge is 0.456 e. The highest BCUT2D eigenvalue weighted by Crippen LogP contribution is 2.43. The molecule has 0 N–H and O–H groups in total. The first-order valence-electron chi connectivity index (χ1n) is 11.9. The Kier molecular flexibility index (Phi) is 11.0. The summed E-state index contributed by atoms with van der Waals surface area (Å²) in [5, 5.41) is 10.7. The number of nitro benzene ring substituents is 1. The van der Waals surface area contributed by atoms with Crippen LogP contribution in [0.4, 0.5) is 24.5 Å². The smallest absolute Gasteiger partial charge is 0.346 e. The number of hydrogen-bond donors (Lipinski definition) is 0. The number of alkyl halides is 2. The summed E-state index contributed by atoms with van der Waals surface area (Å²) in [7, 11) is -9.65. The molecule has 0 radical (unpaired) electrons. The second-order valence-electron chi connectivity index (χ2n) is 9.57. The number of nitrogens with zero attached hydrogens (tertiary/aromatic N) is 2. The molecule has 0 bridgehead atoms. The molecule has 0 saturated heterocycles. The van der Waals surface area contributed by atoms with Crippen molar-refractivity contribution in [2.75, 3.05) is 28.6 Å². The molecule has 0 atom stereocenters. The minimum atomic E-state index is -4.82. The van der Waals surface area contributed by atoms with Gasteiger partial charge in [0.15, 0.2) is 11.6 Å². The van der Waals surface area contributed by atoms with E-state index in [1.165, 1.54) is 27.7 Å². The SMILES string of the molecule is Cc1c(Oc2c(F)ccc(N(S(=O)(=O)CCCF)S(=O)(=O)CCCF)c2Cl)ccc([N+](=O)[O-])c1C(=O)OC(C)(C)C. The zero-order chi connectivity index (χ0) is 31.3. The van der Waals surface area contributed by atoms with E-state index in [4.69, 9.17) is 21.1 Å². The Bertz CT molecular complexity index is 1490. The van der Waals surface area contributed by atoms with Crippen LogP contribution in [0.15, 0.2) is 24.3 Å². The molecule has 0 spiro atoms. The van der Waals surface area contributed by atoms with Crippen molar-refractivity contribution in [1.82, 2.24) is 0 Å². The van der Waals surface area contributed by atoms with E-state index in [2.05, 4.69) is 0 Å². The molecule has 17 heteroatoms. The summed E-state index contributed by atoms with van der Waals surface area (Å²) >= 11 is 6.28. The van der Waals surface area contributed by atoms with Crippen molar-refractivity contribution >= 4 is 49.0 Å². The maximum atomic E-state index is 15.0. The van der Waals surface area contributed by atoms with Crippen LogP contribution >= 0.6 is 11.6 Å². The molecule has 0 saturated carbocycles. The van der Waals surface area contributed by atoms with Gasteiger partial charge in [-0.15, -0.1) is 0 Å². The summed E-state index contributed by atoms with van der Waals surface area (Å²) < 4.78 is 103. The van der Waals surface area contributed by atoms with Gasteiger partial charge in [-0.05, 0) is 58.7 Å². The highest BCUT2D eigenvalue weighted by atomic mass is 35.5. The standard InChI is InChI=1S/C24H28ClF3N2O9S2/c1-15-19(10-9-17(29(32)33)20(15)23(31)39-24(2,3)4)38-22-16(28)7-8-18(21(22)25)30(40(34,35)13-5-11-26)41(36,37)14-6-12-27/h7-10H,5-6,11-14H2,1-4H3. The second kappa shape index (κ2) is 13.2. The van der Waals surface area contributed by atoms with E-state index in [1.54, 1.807) is 0 Å². The number of esters is 1. The number of halogens is 4. The number of hydrogen-bond acceptors (Lipinski definition) is 9. The fourth-order valence-corrected chi connectivity index (χ4v) is 7.90. The molecule has 11 nitrogen and oxygen atoms in total. The van der Waals surface area contributed by atoms with Gasteiger partial charge in [-0.2, -0.15) is 3.71 Å². The maximum absolute atomic E-state index is 15.0. The van der Waals surface area contributed by atoms with Crippen LogP contribution in [0.25, 0.3) is 0 Å². The average molecular weight is 645 g/mol. The van der Waals surface area contributed by atoms with Crippen LogP contribution in [0.3, 0.4) is 0 Å². The maximum Gasteiger partial charge on any atom is 0.346 e. The van der Waals surface area contributed by atoms with Crippen molar-refractivity contribution < 1.29 is 49.2 Å². The number of carbonyl (C=O) groups excluding carboxylic acids is 1. The average Bonchev–Trinajstić information content (AvgIpc) is 2.84. The number of ether oxygens (including phenoxy) is 2. The lowest BCUT2D eigenvalue weighted by Gasteiger charge is -2.25. The third-order valence-electron chi connectivity index (χ3n) is 5.21. The Morgan fingerprint density at radius 3 is 2.02 bits per heavy atom. The Morgan fingerprint density at radius 1 is 1.02 bits per heavy atom. The van der Waals surface area contributed by atoms with E-state index in [1.807, 2.05) is 0 Å². The zero-order valence-electron chi connectivity index (χ0n) is 22.4. The summed E-state index contributed by atoms with van der Waals surface area (Å²) in [5.74, 6) is -5.44. The lowest BCUT2D eigenvalue weighted by atomic mass is 10.0. The number of carbonyl (C=O) groups is 1. The van der Waals surface area contributed by atoms with E-state index in [-0.39, 0.29) is 15.0 Å². The summed E-state index contributed by atoms with van der Waals surface area (Å²) in [6.45, 7) is 3.64. The van der Waals surface area contributed by atoms with Gasteiger partial charge in [0.25, 0.3) is 5.69 Å². The molecular weight excluding hydrogens is 617 g/mol. The molecule has 2 rings (SSSR count). The third-order valence-corrected chi connectivity index (χ3v) is 9.95. The van der Waals surface area contributed by atoms with Crippen LogP contribution in [0.2, 0.25) is 5.02 Å².